The topological polar surface area (TPSA) is 15.3 Å². The molecule has 1 saturated carbocycles. The van der Waals surface area contributed by atoms with Crippen LogP contribution in [0.15, 0.2) is 22.7 Å². The highest BCUT2D eigenvalue weighted by Gasteiger charge is 2.38. The van der Waals surface area contributed by atoms with Gasteiger partial charge in [0, 0.05) is 42.3 Å². The highest BCUT2D eigenvalue weighted by atomic mass is 79.9. The van der Waals surface area contributed by atoms with Crippen LogP contribution in [-0.2, 0) is 0 Å². The molecule has 20 heavy (non-hydrogen) atoms. The third-order valence-corrected chi connectivity index (χ3v) is 4.60. The number of nitrogens with one attached hydrogen (secondary N) is 1. The van der Waals surface area contributed by atoms with Crippen LogP contribution in [0.25, 0.3) is 0 Å². The summed E-state index contributed by atoms with van der Waals surface area (Å²) in [4.78, 5) is 2.44. The fourth-order valence-corrected chi connectivity index (χ4v) is 3.46. The first-order chi connectivity index (χ1) is 8.77. The maximum Gasteiger partial charge on any atom is 0.129 e. The minimum Gasteiger partial charge on any atom is -0.314 e. The molecule has 0 radical (unpaired) electrons. The molecule has 2 aliphatic rings. The van der Waals surface area contributed by atoms with E-state index in [9.17, 15) is 4.39 Å². The number of hydrogen-bond donors (Lipinski definition) is 1. The molecule has 1 saturated heterocycles. The van der Waals surface area contributed by atoms with Crippen LogP contribution < -0.4 is 5.32 Å². The van der Waals surface area contributed by atoms with Gasteiger partial charge in [0.05, 0.1) is 0 Å². The van der Waals surface area contributed by atoms with Gasteiger partial charge in [-0.25, -0.2) is 4.39 Å². The average Bonchev–Trinajstić information content (AvgIpc) is 3.19. The summed E-state index contributed by atoms with van der Waals surface area (Å²) in [7, 11) is 0. The summed E-state index contributed by atoms with van der Waals surface area (Å²) < 4.78 is 15.1. The largest absolute Gasteiger partial charge is 0.314 e. The molecule has 1 aromatic carbocycles. The molecule has 114 valence electrons. The van der Waals surface area contributed by atoms with Crippen LogP contribution >= 0.6 is 40.7 Å². The predicted octanol–water partition coefficient (Wildman–Crippen LogP) is 3.79. The maximum atomic E-state index is 14.2. The number of nitrogens with zero attached hydrogens (tertiary/aromatic N) is 1. The smallest absolute Gasteiger partial charge is 0.129 e. The Morgan fingerprint density at radius 3 is 2.40 bits per heavy atom. The molecule has 1 heterocycles. The van der Waals surface area contributed by atoms with Crippen LogP contribution in [0.2, 0.25) is 0 Å². The molecule has 1 atom stereocenters. The van der Waals surface area contributed by atoms with E-state index in [0.29, 0.717) is 5.92 Å². The molecule has 2 nitrogen and oxygen atoms in total. The standard InChI is InChI=1S/C14H18BrFN2.2ClH/c15-11-2-1-3-12(16)13(11)14(10-4-5-10)18-8-6-17-7-9-18;;/h1-3,10,14,17H,4-9H2;2*1H/t14-;;/m0../s1. The Morgan fingerprint density at radius 2 is 1.85 bits per heavy atom. The van der Waals surface area contributed by atoms with Crippen molar-refractivity contribution in [1.82, 2.24) is 10.2 Å². The first kappa shape index (κ1) is 18.2. The van der Waals surface area contributed by atoms with Crippen LogP contribution in [0.1, 0.15) is 24.4 Å². The Labute approximate surface area is 140 Å². The van der Waals surface area contributed by atoms with E-state index in [4.69, 9.17) is 0 Å². The van der Waals surface area contributed by atoms with Crippen LogP contribution in [0.3, 0.4) is 0 Å². The van der Waals surface area contributed by atoms with Gasteiger partial charge in [0.25, 0.3) is 0 Å². The molecule has 1 aliphatic carbocycles. The van der Waals surface area contributed by atoms with Gasteiger partial charge in [0.15, 0.2) is 0 Å². The molecule has 1 aliphatic heterocycles. The third-order valence-electron chi connectivity index (χ3n) is 3.91. The van der Waals surface area contributed by atoms with E-state index in [1.54, 1.807) is 12.1 Å². The number of benzene rings is 1. The average molecular weight is 386 g/mol. The van der Waals surface area contributed by atoms with Gasteiger partial charge in [-0.1, -0.05) is 22.0 Å². The van der Waals surface area contributed by atoms with Gasteiger partial charge in [-0.3, -0.25) is 4.90 Å². The minimum atomic E-state index is -0.0696. The van der Waals surface area contributed by atoms with E-state index < -0.39 is 0 Å². The molecular weight excluding hydrogens is 366 g/mol. The number of rotatable bonds is 3. The molecule has 3 rings (SSSR count). The number of hydrogen-bond acceptors (Lipinski definition) is 2. The summed E-state index contributed by atoms with van der Waals surface area (Å²) in [6.07, 6.45) is 2.46. The lowest BCUT2D eigenvalue weighted by molar-refractivity contribution is 0.152. The first-order valence-corrected chi connectivity index (χ1v) is 7.45. The van der Waals surface area contributed by atoms with Crippen molar-refractivity contribution in [3.8, 4) is 0 Å². The zero-order valence-corrected chi connectivity index (χ0v) is 14.4. The highest BCUT2D eigenvalue weighted by molar-refractivity contribution is 9.10. The quantitative estimate of drug-likeness (QED) is 0.851. The van der Waals surface area contributed by atoms with Gasteiger partial charge >= 0.3 is 0 Å². The molecule has 0 bridgehead atoms. The van der Waals surface area contributed by atoms with Crippen LogP contribution in [0.4, 0.5) is 4.39 Å². The van der Waals surface area contributed by atoms with Crippen molar-refractivity contribution in [2.45, 2.75) is 18.9 Å². The van der Waals surface area contributed by atoms with Crippen molar-refractivity contribution in [3.63, 3.8) is 0 Å². The van der Waals surface area contributed by atoms with Gasteiger partial charge in [-0.05, 0) is 30.9 Å². The van der Waals surface area contributed by atoms with E-state index in [-0.39, 0.29) is 36.7 Å². The molecule has 0 unspecified atom stereocenters. The Kier molecular flexibility index (Phi) is 7.22. The minimum absolute atomic E-state index is 0. The Hall–Kier alpha value is 0.130. The SMILES string of the molecule is Cl.Cl.Fc1cccc(Br)c1[C@H](C1CC1)N1CCNCC1. The summed E-state index contributed by atoms with van der Waals surface area (Å²) in [5.74, 6) is 0.566. The van der Waals surface area contributed by atoms with Gasteiger partial charge in [-0.15, -0.1) is 24.8 Å². The van der Waals surface area contributed by atoms with Crippen LogP contribution in [0, 0.1) is 11.7 Å². The van der Waals surface area contributed by atoms with Crippen molar-refractivity contribution >= 4 is 40.7 Å². The second-order valence-electron chi connectivity index (χ2n) is 5.20. The van der Waals surface area contributed by atoms with Gasteiger partial charge in [0.2, 0.25) is 0 Å². The number of halogens is 4. The maximum absolute atomic E-state index is 14.2. The van der Waals surface area contributed by atoms with Crippen molar-refractivity contribution in [3.05, 3.63) is 34.1 Å². The monoisotopic (exact) mass is 384 g/mol. The van der Waals surface area contributed by atoms with E-state index in [1.807, 2.05) is 6.07 Å². The van der Waals surface area contributed by atoms with E-state index >= 15 is 0 Å². The summed E-state index contributed by atoms with van der Waals surface area (Å²) in [5, 5.41) is 3.36. The van der Waals surface area contributed by atoms with Gasteiger partial charge in [-0.2, -0.15) is 0 Å². The van der Waals surface area contributed by atoms with E-state index in [0.717, 1.165) is 36.2 Å². The molecule has 0 amide bonds. The summed E-state index contributed by atoms with van der Waals surface area (Å²) >= 11 is 3.53. The zero-order valence-electron chi connectivity index (χ0n) is 11.1. The second kappa shape index (κ2) is 7.95. The summed E-state index contributed by atoms with van der Waals surface area (Å²) in [5.41, 5.74) is 0.863. The predicted molar refractivity (Wildman–Crippen MR) is 88.5 cm³/mol. The van der Waals surface area contributed by atoms with Crippen LogP contribution in [-0.4, -0.2) is 31.1 Å². The summed E-state index contributed by atoms with van der Waals surface area (Å²) in [6, 6.07) is 5.56. The van der Waals surface area contributed by atoms with E-state index in [1.165, 1.54) is 12.8 Å². The Balaban J connectivity index is 0.000001000. The molecule has 0 spiro atoms. The molecule has 0 aromatic heterocycles. The Morgan fingerprint density at radius 1 is 1.20 bits per heavy atom. The lowest BCUT2D eigenvalue weighted by Gasteiger charge is -2.36. The van der Waals surface area contributed by atoms with Crippen molar-refractivity contribution in [2.75, 3.05) is 26.2 Å². The van der Waals surface area contributed by atoms with Crippen molar-refractivity contribution in [2.24, 2.45) is 5.92 Å². The second-order valence-corrected chi connectivity index (χ2v) is 6.06. The van der Waals surface area contributed by atoms with Gasteiger partial charge in [0.1, 0.15) is 5.82 Å². The number of piperazine rings is 1. The lowest BCUT2D eigenvalue weighted by Crippen LogP contribution is -2.46. The summed E-state index contributed by atoms with van der Waals surface area (Å²) in [6.45, 7) is 4.05. The first-order valence-electron chi connectivity index (χ1n) is 6.66. The molecule has 1 aromatic rings. The Bertz CT molecular complexity index is 417. The molecule has 6 heteroatoms. The van der Waals surface area contributed by atoms with Crippen LogP contribution in [0.5, 0.6) is 0 Å². The molecule has 1 N–H and O–H groups in total. The molecular formula is C14H20BrCl2FN2. The normalized spacial score (nSPS) is 20.7. The lowest BCUT2D eigenvalue weighted by atomic mass is 9.99. The third kappa shape index (κ3) is 3.86. The highest BCUT2D eigenvalue weighted by Crippen LogP contribution is 2.47. The fraction of sp³-hybridized carbons (Fsp3) is 0.571. The van der Waals surface area contributed by atoms with Gasteiger partial charge < -0.3 is 5.32 Å². The zero-order chi connectivity index (χ0) is 12.5. The fourth-order valence-electron chi connectivity index (χ4n) is 2.88. The van der Waals surface area contributed by atoms with E-state index in [2.05, 4.69) is 26.1 Å². The van der Waals surface area contributed by atoms with Crippen molar-refractivity contribution < 1.29 is 4.39 Å². The van der Waals surface area contributed by atoms with Crippen molar-refractivity contribution in [1.29, 1.82) is 0 Å². The molecule has 2 fully saturated rings.